The second-order valence-electron chi connectivity index (χ2n) is 5.50. The number of nitrogens with two attached hydrogens (primary N) is 1. The van der Waals surface area contributed by atoms with E-state index in [1.54, 1.807) is 13.8 Å². The lowest BCUT2D eigenvalue weighted by Gasteiger charge is -2.25. The molecule has 4 N–H and O–H groups in total. The van der Waals surface area contributed by atoms with Gasteiger partial charge in [-0.1, -0.05) is 27.2 Å². The molecule has 2 amide bonds. The highest BCUT2D eigenvalue weighted by molar-refractivity contribution is 5.91. The maximum atomic E-state index is 11.9. The normalized spacial score (nSPS) is 15.9. The molecule has 0 aliphatic carbocycles. The molecule has 0 heterocycles. The number of rotatable bonds is 7. The van der Waals surface area contributed by atoms with E-state index < -0.39 is 11.6 Å². The first kappa shape index (κ1) is 16.9. The molecule has 5 heteroatoms. The van der Waals surface area contributed by atoms with E-state index in [0.29, 0.717) is 18.9 Å². The van der Waals surface area contributed by atoms with Gasteiger partial charge in [-0.05, 0) is 26.2 Å². The lowest BCUT2D eigenvalue weighted by Crippen LogP contribution is -2.56. The summed E-state index contributed by atoms with van der Waals surface area (Å²) in [5.74, 6) is -0.0717. The van der Waals surface area contributed by atoms with Gasteiger partial charge >= 0.3 is 0 Å². The van der Waals surface area contributed by atoms with Crippen molar-refractivity contribution in [1.29, 1.82) is 0 Å². The summed E-state index contributed by atoms with van der Waals surface area (Å²) < 4.78 is 0. The summed E-state index contributed by atoms with van der Waals surface area (Å²) in [5.41, 5.74) is 4.98. The topological polar surface area (TPSA) is 84.2 Å². The van der Waals surface area contributed by atoms with Crippen molar-refractivity contribution >= 4 is 11.8 Å². The van der Waals surface area contributed by atoms with Crippen LogP contribution in [0.5, 0.6) is 0 Å². The number of hydrogen-bond acceptors (Lipinski definition) is 3. The molecular formula is C13H27N3O2. The average Bonchev–Trinajstić information content (AvgIpc) is 2.25. The first-order valence-corrected chi connectivity index (χ1v) is 6.58. The van der Waals surface area contributed by atoms with Crippen LogP contribution in [0.4, 0.5) is 0 Å². The smallest absolute Gasteiger partial charge is 0.242 e. The van der Waals surface area contributed by atoms with Gasteiger partial charge in [-0.25, -0.2) is 0 Å². The van der Waals surface area contributed by atoms with Crippen molar-refractivity contribution in [3.8, 4) is 0 Å². The Morgan fingerprint density at radius 1 is 1.28 bits per heavy atom. The molecule has 0 spiro atoms. The van der Waals surface area contributed by atoms with Crippen molar-refractivity contribution in [1.82, 2.24) is 10.6 Å². The fraction of sp³-hybridized carbons (Fsp3) is 0.846. The van der Waals surface area contributed by atoms with E-state index in [1.807, 2.05) is 20.8 Å². The van der Waals surface area contributed by atoms with E-state index in [-0.39, 0.29) is 11.8 Å². The van der Waals surface area contributed by atoms with Crippen LogP contribution in [0.15, 0.2) is 0 Å². The van der Waals surface area contributed by atoms with Gasteiger partial charge in [0.2, 0.25) is 11.8 Å². The van der Waals surface area contributed by atoms with Crippen LogP contribution in [0, 0.1) is 5.92 Å². The molecule has 0 saturated heterocycles. The molecule has 2 unspecified atom stereocenters. The monoisotopic (exact) mass is 257 g/mol. The van der Waals surface area contributed by atoms with Gasteiger partial charge in [0, 0.05) is 6.54 Å². The maximum Gasteiger partial charge on any atom is 0.242 e. The Morgan fingerprint density at radius 2 is 1.83 bits per heavy atom. The molecule has 2 atom stereocenters. The largest absolute Gasteiger partial charge is 0.354 e. The third-order valence-electron chi connectivity index (χ3n) is 2.71. The summed E-state index contributed by atoms with van der Waals surface area (Å²) in [6, 6.07) is -0.559. The highest BCUT2D eigenvalue weighted by atomic mass is 16.2. The summed E-state index contributed by atoms with van der Waals surface area (Å²) >= 11 is 0. The standard InChI is InChI=1S/C13H27N3O2/c1-6-7-13(5,14)12(18)16-10(4)11(17)15-8-9(2)3/h9-10H,6-8,14H2,1-5H3,(H,15,17)(H,16,18). The highest BCUT2D eigenvalue weighted by Crippen LogP contribution is 2.08. The molecule has 0 rings (SSSR count). The predicted octanol–water partition coefficient (Wildman–Crippen LogP) is 0.781. The third-order valence-corrected chi connectivity index (χ3v) is 2.71. The fourth-order valence-corrected chi connectivity index (χ4v) is 1.52. The van der Waals surface area contributed by atoms with Gasteiger partial charge in [0.1, 0.15) is 6.04 Å². The van der Waals surface area contributed by atoms with Crippen molar-refractivity contribution in [2.24, 2.45) is 11.7 Å². The Labute approximate surface area is 110 Å². The zero-order valence-electron chi connectivity index (χ0n) is 12.2. The van der Waals surface area contributed by atoms with E-state index in [9.17, 15) is 9.59 Å². The van der Waals surface area contributed by atoms with E-state index in [1.165, 1.54) is 0 Å². The van der Waals surface area contributed by atoms with Gasteiger partial charge in [-0.3, -0.25) is 9.59 Å². The van der Waals surface area contributed by atoms with Crippen molar-refractivity contribution in [3.05, 3.63) is 0 Å². The van der Waals surface area contributed by atoms with Gasteiger partial charge in [0.25, 0.3) is 0 Å². The number of hydrogen-bond donors (Lipinski definition) is 3. The number of carbonyl (C=O) groups excluding carboxylic acids is 2. The number of amides is 2. The van der Waals surface area contributed by atoms with Crippen LogP contribution in [0.1, 0.15) is 47.5 Å². The van der Waals surface area contributed by atoms with Crippen molar-refractivity contribution < 1.29 is 9.59 Å². The molecule has 0 radical (unpaired) electrons. The Balaban J connectivity index is 4.26. The second kappa shape index (κ2) is 7.36. The van der Waals surface area contributed by atoms with Crippen LogP contribution in [-0.4, -0.2) is 29.9 Å². The van der Waals surface area contributed by atoms with Crippen molar-refractivity contribution in [2.75, 3.05) is 6.54 Å². The minimum absolute atomic E-state index is 0.177. The van der Waals surface area contributed by atoms with Gasteiger partial charge < -0.3 is 16.4 Å². The minimum atomic E-state index is -0.915. The number of carbonyl (C=O) groups is 2. The Hall–Kier alpha value is -1.10. The van der Waals surface area contributed by atoms with Gasteiger partial charge in [0.05, 0.1) is 5.54 Å². The quantitative estimate of drug-likeness (QED) is 0.630. The summed E-state index contributed by atoms with van der Waals surface area (Å²) in [6.45, 7) is 9.95. The third kappa shape index (κ3) is 6.00. The molecule has 106 valence electrons. The summed E-state index contributed by atoms with van der Waals surface area (Å²) in [4.78, 5) is 23.6. The minimum Gasteiger partial charge on any atom is -0.354 e. The van der Waals surface area contributed by atoms with Crippen LogP contribution in [0.3, 0.4) is 0 Å². The van der Waals surface area contributed by atoms with Gasteiger partial charge in [0.15, 0.2) is 0 Å². The van der Waals surface area contributed by atoms with E-state index in [0.717, 1.165) is 6.42 Å². The van der Waals surface area contributed by atoms with Crippen LogP contribution in [0.25, 0.3) is 0 Å². The fourth-order valence-electron chi connectivity index (χ4n) is 1.52. The van der Waals surface area contributed by atoms with Crippen molar-refractivity contribution in [2.45, 2.75) is 59.0 Å². The molecule has 0 saturated carbocycles. The maximum absolute atomic E-state index is 11.9. The summed E-state index contributed by atoms with van der Waals surface area (Å²) in [6.07, 6.45) is 1.42. The van der Waals surface area contributed by atoms with E-state index in [4.69, 9.17) is 5.73 Å². The molecule has 0 aromatic heterocycles. The molecule has 0 aliphatic heterocycles. The van der Waals surface area contributed by atoms with Crippen molar-refractivity contribution in [3.63, 3.8) is 0 Å². The van der Waals surface area contributed by atoms with Crippen LogP contribution in [-0.2, 0) is 9.59 Å². The van der Waals surface area contributed by atoms with Crippen LogP contribution < -0.4 is 16.4 Å². The molecule has 0 aromatic carbocycles. The highest BCUT2D eigenvalue weighted by Gasteiger charge is 2.29. The molecule has 5 nitrogen and oxygen atoms in total. The van der Waals surface area contributed by atoms with E-state index >= 15 is 0 Å². The Kier molecular flexibility index (Phi) is 6.91. The average molecular weight is 257 g/mol. The van der Waals surface area contributed by atoms with Crippen LogP contribution in [0.2, 0.25) is 0 Å². The zero-order chi connectivity index (χ0) is 14.3. The first-order chi connectivity index (χ1) is 8.20. The molecule has 0 bridgehead atoms. The lowest BCUT2D eigenvalue weighted by molar-refractivity contribution is -0.131. The Morgan fingerprint density at radius 3 is 2.28 bits per heavy atom. The van der Waals surface area contributed by atoms with Crippen LogP contribution >= 0.6 is 0 Å². The predicted molar refractivity (Wildman–Crippen MR) is 73.0 cm³/mol. The Bertz CT molecular complexity index is 288. The summed E-state index contributed by atoms with van der Waals surface area (Å²) in [5, 5.41) is 5.43. The zero-order valence-corrected chi connectivity index (χ0v) is 12.2. The number of nitrogens with one attached hydrogen (secondary N) is 2. The first-order valence-electron chi connectivity index (χ1n) is 6.58. The summed E-state index contributed by atoms with van der Waals surface area (Å²) in [7, 11) is 0. The molecule has 0 aromatic rings. The second-order valence-corrected chi connectivity index (χ2v) is 5.50. The molecule has 18 heavy (non-hydrogen) atoms. The molecular weight excluding hydrogens is 230 g/mol. The molecule has 0 aliphatic rings. The molecule has 0 fully saturated rings. The van der Waals surface area contributed by atoms with E-state index in [2.05, 4.69) is 10.6 Å². The van der Waals surface area contributed by atoms with Gasteiger partial charge in [-0.2, -0.15) is 0 Å². The SMILES string of the molecule is CCCC(C)(N)C(=O)NC(C)C(=O)NCC(C)C. The lowest BCUT2D eigenvalue weighted by atomic mass is 9.96. The van der Waals surface area contributed by atoms with Gasteiger partial charge in [-0.15, -0.1) is 0 Å².